The van der Waals surface area contributed by atoms with E-state index >= 15 is 0 Å². The van der Waals surface area contributed by atoms with Gasteiger partial charge in [-0.05, 0) is 27.6 Å². The van der Waals surface area contributed by atoms with Crippen LogP contribution in [0.15, 0.2) is 47.2 Å². The van der Waals surface area contributed by atoms with Gasteiger partial charge in [-0.15, -0.1) is 0 Å². The molecule has 0 saturated heterocycles. The quantitative estimate of drug-likeness (QED) is 0.687. The minimum Gasteiger partial charge on any atom is -0.444 e. The van der Waals surface area contributed by atoms with E-state index in [-0.39, 0.29) is 6.61 Å². The van der Waals surface area contributed by atoms with Gasteiger partial charge in [0, 0.05) is 5.56 Å². The summed E-state index contributed by atoms with van der Waals surface area (Å²) in [7, 11) is 0. The van der Waals surface area contributed by atoms with Crippen LogP contribution in [0.5, 0.6) is 0 Å². The predicted octanol–water partition coefficient (Wildman–Crippen LogP) is 3.41. The Morgan fingerprint density at radius 3 is 2.80 bits per heavy atom. The summed E-state index contributed by atoms with van der Waals surface area (Å²) in [5.41, 5.74) is 1.51. The van der Waals surface area contributed by atoms with Crippen molar-refractivity contribution in [3.8, 4) is 0 Å². The van der Waals surface area contributed by atoms with E-state index in [0.29, 0.717) is 22.1 Å². The van der Waals surface area contributed by atoms with Crippen LogP contribution in [0.1, 0.15) is 15.9 Å². The Morgan fingerprint density at radius 2 is 2.10 bits per heavy atom. The van der Waals surface area contributed by atoms with Crippen molar-refractivity contribution in [1.82, 2.24) is 4.98 Å². The van der Waals surface area contributed by atoms with Crippen molar-refractivity contribution in [2.45, 2.75) is 6.61 Å². The number of amides is 1. The molecule has 0 aliphatic heterocycles. The van der Waals surface area contributed by atoms with Gasteiger partial charge >= 0.3 is 6.09 Å². The third kappa shape index (κ3) is 3.89. The lowest BCUT2D eigenvalue weighted by molar-refractivity contribution is 0.112. The van der Waals surface area contributed by atoms with Gasteiger partial charge in [0.25, 0.3) is 0 Å². The average molecular weight is 335 g/mol. The summed E-state index contributed by atoms with van der Waals surface area (Å²) < 4.78 is 5.57. The number of aldehydes is 1. The highest BCUT2D eigenvalue weighted by atomic mass is 79.9. The molecule has 0 fully saturated rings. The van der Waals surface area contributed by atoms with Crippen LogP contribution in [0.4, 0.5) is 10.5 Å². The summed E-state index contributed by atoms with van der Waals surface area (Å²) >= 11 is 3.15. The van der Waals surface area contributed by atoms with Gasteiger partial charge in [-0.25, -0.2) is 9.78 Å². The summed E-state index contributed by atoms with van der Waals surface area (Å²) in [5.74, 6) is 0. The van der Waals surface area contributed by atoms with Gasteiger partial charge < -0.3 is 4.74 Å². The van der Waals surface area contributed by atoms with E-state index in [9.17, 15) is 9.59 Å². The molecule has 0 bridgehead atoms. The minimum atomic E-state index is -0.638. The molecule has 1 amide bonds. The Bertz CT molecular complexity index is 617. The molecule has 6 heteroatoms. The number of carbonyl (C=O) groups excluding carboxylic acids is 2. The number of benzene rings is 1. The van der Waals surface area contributed by atoms with Gasteiger partial charge in [-0.1, -0.05) is 30.3 Å². The van der Waals surface area contributed by atoms with Crippen molar-refractivity contribution in [1.29, 1.82) is 0 Å². The molecular formula is C14H11BrN2O3. The first-order valence-corrected chi connectivity index (χ1v) is 6.57. The monoisotopic (exact) mass is 334 g/mol. The van der Waals surface area contributed by atoms with Crippen LogP contribution in [0.3, 0.4) is 0 Å². The van der Waals surface area contributed by atoms with E-state index in [4.69, 9.17) is 4.74 Å². The molecule has 0 aliphatic carbocycles. The van der Waals surface area contributed by atoms with Gasteiger partial charge in [0.15, 0.2) is 6.29 Å². The second-order valence-corrected chi connectivity index (χ2v) is 4.71. The number of carbonyl (C=O) groups is 2. The molecular weight excluding hydrogens is 324 g/mol. The number of hydrogen-bond acceptors (Lipinski definition) is 4. The molecule has 2 aromatic rings. The predicted molar refractivity (Wildman–Crippen MR) is 77.6 cm³/mol. The molecule has 0 aliphatic rings. The summed E-state index contributed by atoms with van der Waals surface area (Å²) in [5, 5.41) is 2.48. The van der Waals surface area contributed by atoms with E-state index < -0.39 is 6.09 Å². The van der Waals surface area contributed by atoms with Crippen molar-refractivity contribution in [2.75, 3.05) is 5.32 Å². The highest BCUT2D eigenvalue weighted by Crippen LogP contribution is 2.17. The average Bonchev–Trinajstić information content (AvgIpc) is 2.48. The lowest BCUT2D eigenvalue weighted by Gasteiger charge is -2.08. The van der Waals surface area contributed by atoms with Crippen LogP contribution < -0.4 is 5.32 Å². The highest BCUT2D eigenvalue weighted by molar-refractivity contribution is 9.10. The normalized spacial score (nSPS) is 9.85. The van der Waals surface area contributed by atoms with Crippen molar-refractivity contribution in [3.05, 3.63) is 58.3 Å². The maximum atomic E-state index is 11.7. The zero-order chi connectivity index (χ0) is 14.4. The number of anilines is 1. The van der Waals surface area contributed by atoms with E-state index in [1.165, 1.54) is 12.3 Å². The Labute approximate surface area is 124 Å². The Morgan fingerprint density at radius 1 is 1.35 bits per heavy atom. The molecule has 1 heterocycles. The van der Waals surface area contributed by atoms with Crippen molar-refractivity contribution in [2.24, 2.45) is 0 Å². The largest absolute Gasteiger partial charge is 0.444 e. The molecule has 102 valence electrons. The molecule has 0 spiro atoms. The fraction of sp³-hybridized carbons (Fsp3) is 0.0714. The maximum Gasteiger partial charge on any atom is 0.412 e. The molecule has 1 N–H and O–H groups in total. The lowest BCUT2D eigenvalue weighted by atomic mass is 10.2. The number of hydrogen-bond donors (Lipinski definition) is 1. The second kappa shape index (κ2) is 6.81. The fourth-order valence-electron chi connectivity index (χ4n) is 1.52. The Hall–Kier alpha value is -2.21. The third-order valence-corrected chi connectivity index (χ3v) is 2.91. The Kier molecular flexibility index (Phi) is 4.84. The van der Waals surface area contributed by atoms with Crippen LogP contribution >= 0.6 is 15.9 Å². The number of halogens is 1. The topological polar surface area (TPSA) is 68.3 Å². The van der Waals surface area contributed by atoms with Crippen LogP contribution in [-0.4, -0.2) is 17.4 Å². The number of nitrogens with zero attached hydrogens (tertiary/aromatic N) is 1. The number of nitrogens with one attached hydrogen (secondary N) is 1. The summed E-state index contributed by atoms with van der Waals surface area (Å²) in [6.45, 7) is 0.160. The minimum absolute atomic E-state index is 0.160. The first kappa shape index (κ1) is 14.2. The molecule has 20 heavy (non-hydrogen) atoms. The van der Waals surface area contributed by atoms with Crippen molar-refractivity contribution < 1.29 is 14.3 Å². The van der Waals surface area contributed by atoms with E-state index in [1.807, 2.05) is 30.3 Å². The van der Waals surface area contributed by atoms with Crippen LogP contribution in [-0.2, 0) is 11.3 Å². The van der Waals surface area contributed by atoms with E-state index in [0.717, 1.165) is 5.56 Å². The molecule has 5 nitrogen and oxygen atoms in total. The van der Waals surface area contributed by atoms with Crippen molar-refractivity contribution >= 4 is 34.0 Å². The van der Waals surface area contributed by atoms with Crippen LogP contribution in [0, 0.1) is 0 Å². The van der Waals surface area contributed by atoms with E-state index in [2.05, 4.69) is 26.2 Å². The molecule has 0 radical (unpaired) electrons. The van der Waals surface area contributed by atoms with Crippen LogP contribution in [0.25, 0.3) is 0 Å². The van der Waals surface area contributed by atoms with Gasteiger partial charge in [0.2, 0.25) is 0 Å². The molecule has 1 aromatic carbocycles. The smallest absolute Gasteiger partial charge is 0.412 e. The van der Waals surface area contributed by atoms with Gasteiger partial charge in [0.1, 0.15) is 11.2 Å². The zero-order valence-electron chi connectivity index (χ0n) is 10.4. The number of pyridine rings is 1. The van der Waals surface area contributed by atoms with Gasteiger partial charge in [0.05, 0.1) is 11.9 Å². The molecule has 1 aromatic heterocycles. The molecule has 0 saturated carbocycles. The number of rotatable bonds is 4. The first-order valence-electron chi connectivity index (χ1n) is 5.77. The van der Waals surface area contributed by atoms with Crippen molar-refractivity contribution in [3.63, 3.8) is 0 Å². The SMILES string of the molecule is O=Cc1cc(Br)ncc1NC(=O)OCc1ccccc1. The molecule has 0 unspecified atom stereocenters. The molecule has 2 rings (SSSR count). The number of ether oxygens (including phenoxy) is 1. The standard InChI is InChI=1S/C14H11BrN2O3/c15-13-6-11(8-18)12(7-16-13)17-14(19)20-9-10-4-2-1-3-5-10/h1-8H,9H2,(H,17,19). The summed E-state index contributed by atoms with van der Waals surface area (Å²) in [6, 6.07) is 10.8. The first-order chi connectivity index (χ1) is 9.69. The van der Waals surface area contributed by atoms with Crippen LogP contribution in [0.2, 0.25) is 0 Å². The number of aromatic nitrogens is 1. The lowest BCUT2D eigenvalue weighted by Crippen LogP contribution is -2.15. The zero-order valence-corrected chi connectivity index (χ0v) is 12.0. The Balaban J connectivity index is 1.96. The second-order valence-electron chi connectivity index (χ2n) is 3.90. The fourth-order valence-corrected chi connectivity index (χ4v) is 1.86. The third-order valence-electron chi connectivity index (χ3n) is 2.48. The molecule has 0 atom stereocenters. The maximum absolute atomic E-state index is 11.7. The summed E-state index contributed by atoms with van der Waals surface area (Å²) in [4.78, 5) is 26.5. The summed E-state index contributed by atoms with van der Waals surface area (Å²) in [6.07, 6.45) is 1.39. The van der Waals surface area contributed by atoms with Gasteiger partial charge in [-0.3, -0.25) is 10.1 Å². The van der Waals surface area contributed by atoms with Gasteiger partial charge in [-0.2, -0.15) is 0 Å². The van der Waals surface area contributed by atoms with E-state index in [1.54, 1.807) is 0 Å². The highest BCUT2D eigenvalue weighted by Gasteiger charge is 2.08.